The average molecular weight is 682 g/mol. The Balaban J connectivity index is 0.000000139. The van der Waals surface area contributed by atoms with Crippen molar-refractivity contribution in [3.05, 3.63) is 157 Å². The van der Waals surface area contributed by atoms with Crippen LogP contribution in [0, 0.1) is 0 Å². The van der Waals surface area contributed by atoms with Gasteiger partial charge in [-0.25, -0.2) is 31.2 Å². The fourth-order valence-electron chi connectivity index (χ4n) is 5.30. The first kappa shape index (κ1) is 31.5. The first-order valence-electron chi connectivity index (χ1n) is 15.1. The van der Waals surface area contributed by atoms with Crippen LogP contribution in [0.1, 0.15) is 11.1 Å². The van der Waals surface area contributed by atoms with E-state index in [0.29, 0.717) is 12.4 Å². The Labute approximate surface area is 281 Å². The van der Waals surface area contributed by atoms with Crippen molar-refractivity contribution in [2.75, 3.05) is 10.9 Å². The number of benzene rings is 4. The quantitative estimate of drug-likeness (QED) is 0.0598. The van der Waals surface area contributed by atoms with Crippen molar-refractivity contribution in [2.24, 2.45) is 5.84 Å². The largest absolute Gasteiger partial charge is 0.308 e. The SMILES string of the molecule is BrCc1c2ccccc2nc2ccccc12.NNc1ccccn1.c1ccc(NNCc2c3ccccc3nc3ccccc23)nc1. The summed E-state index contributed by atoms with van der Waals surface area (Å²) in [5.41, 5.74) is 15.5. The molecule has 0 spiro atoms. The van der Waals surface area contributed by atoms with Gasteiger partial charge in [0.1, 0.15) is 11.6 Å². The molecule has 8 rings (SSSR count). The van der Waals surface area contributed by atoms with Gasteiger partial charge in [-0.2, -0.15) is 0 Å². The summed E-state index contributed by atoms with van der Waals surface area (Å²) in [4.78, 5) is 17.5. The molecule has 0 aliphatic rings. The lowest BCUT2D eigenvalue weighted by molar-refractivity contribution is 0.804. The maximum absolute atomic E-state index is 5.04. The van der Waals surface area contributed by atoms with E-state index in [0.717, 1.165) is 33.2 Å². The molecular formula is C38H33BrN8. The number of halogens is 1. The van der Waals surface area contributed by atoms with Crippen molar-refractivity contribution in [1.82, 2.24) is 25.4 Å². The van der Waals surface area contributed by atoms with E-state index < -0.39 is 0 Å². The second kappa shape index (κ2) is 15.7. The van der Waals surface area contributed by atoms with Gasteiger partial charge >= 0.3 is 0 Å². The minimum atomic E-state index is 0.681. The minimum Gasteiger partial charge on any atom is -0.308 e. The van der Waals surface area contributed by atoms with Crippen LogP contribution in [0.2, 0.25) is 0 Å². The van der Waals surface area contributed by atoms with E-state index in [1.807, 2.05) is 54.6 Å². The summed E-state index contributed by atoms with van der Waals surface area (Å²) in [5.74, 6) is 6.53. The normalized spacial score (nSPS) is 10.6. The number of aromatic nitrogens is 4. The highest BCUT2D eigenvalue weighted by Gasteiger charge is 2.09. The number of rotatable bonds is 6. The standard InChI is InChI=1S/C19H16N4.C14H10BrN.C5H7N3/c1-3-9-17-14(7-1)16(15-8-2-4-10-18(15)22-17)13-21-23-19-11-5-6-12-20-19;15-9-12-10-5-1-3-7-13(10)16-14-8-4-2-6-11(12)14;6-8-5-3-1-2-4-7-5/h1-12,21H,13H2,(H,20,23);1-8H,9H2;1-4H,6H2,(H,7,8). The van der Waals surface area contributed by atoms with Crippen LogP contribution in [0.5, 0.6) is 0 Å². The maximum Gasteiger partial charge on any atom is 0.140 e. The number of pyridine rings is 4. The smallest absolute Gasteiger partial charge is 0.140 e. The van der Waals surface area contributed by atoms with Gasteiger partial charge < -0.3 is 10.9 Å². The molecule has 0 fully saturated rings. The Morgan fingerprint density at radius 3 is 1.28 bits per heavy atom. The summed E-state index contributed by atoms with van der Waals surface area (Å²) in [5, 5.41) is 5.66. The Bertz CT molecular complexity index is 2100. The summed E-state index contributed by atoms with van der Waals surface area (Å²) in [6.07, 6.45) is 3.44. The molecule has 0 unspecified atom stereocenters. The predicted molar refractivity (Wildman–Crippen MR) is 198 cm³/mol. The van der Waals surface area contributed by atoms with E-state index in [1.165, 1.54) is 32.7 Å². The number of hydrazine groups is 2. The van der Waals surface area contributed by atoms with Gasteiger partial charge in [0.25, 0.3) is 0 Å². The van der Waals surface area contributed by atoms with Gasteiger partial charge in [-0.15, -0.1) is 0 Å². The molecule has 0 saturated heterocycles. The molecule has 4 aromatic carbocycles. The minimum absolute atomic E-state index is 0.681. The highest BCUT2D eigenvalue weighted by molar-refractivity contribution is 9.08. The zero-order chi connectivity index (χ0) is 32.3. The molecule has 0 bridgehead atoms. The van der Waals surface area contributed by atoms with Crippen LogP contribution in [0.15, 0.2) is 146 Å². The lowest BCUT2D eigenvalue weighted by Crippen LogP contribution is -2.21. The Kier molecular flexibility index (Phi) is 10.5. The highest BCUT2D eigenvalue weighted by Crippen LogP contribution is 2.28. The molecular weight excluding hydrogens is 648 g/mol. The van der Waals surface area contributed by atoms with Gasteiger partial charge in [-0.1, -0.05) is 101 Å². The van der Waals surface area contributed by atoms with E-state index in [4.69, 9.17) is 10.8 Å². The summed E-state index contributed by atoms with van der Waals surface area (Å²) < 4.78 is 0. The second-order valence-corrected chi connectivity index (χ2v) is 11.0. The van der Waals surface area contributed by atoms with Crippen LogP contribution in [-0.4, -0.2) is 19.9 Å². The molecule has 232 valence electrons. The third kappa shape index (κ3) is 7.67. The fourth-order valence-corrected chi connectivity index (χ4v) is 5.90. The van der Waals surface area contributed by atoms with Gasteiger partial charge in [0.05, 0.1) is 22.1 Å². The number of nitrogens with one attached hydrogen (secondary N) is 3. The molecule has 0 amide bonds. The lowest BCUT2D eigenvalue weighted by atomic mass is 10.0. The van der Waals surface area contributed by atoms with E-state index in [-0.39, 0.29) is 0 Å². The third-order valence-corrected chi connectivity index (χ3v) is 8.05. The molecule has 0 saturated carbocycles. The Morgan fingerprint density at radius 1 is 0.489 bits per heavy atom. The van der Waals surface area contributed by atoms with Crippen LogP contribution in [0.25, 0.3) is 43.6 Å². The predicted octanol–water partition coefficient (Wildman–Crippen LogP) is 8.55. The lowest BCUT2D eigenvalue weighted by Gasteiger charge is -2.12. The van der Waals surface area contributed by atoms with Crippen LogP contribution in [0.4, 0.5) is 11.6 Å². The Hall–Kier alpha value is -5.48. The molecule has 9 heteroatoms. The van der Waals surface area contributed by atoms with Crippen molar-refractivity contribution in [3.63, 3.8) is 0 Å². The first-order valence-corrected chi connectivity index (χ1v) is 16.2. The molecule has 47 heavy (non-hydrogen) atoms. The number of alkyl halides is 1. The number of nitrogens with two attached hydrogens (primary N) is 1. The molecule has 0 atom stereocenters. The summed E-state index contributed by atoms with van der Waals surface area (Å²) >= 11 is 3.57. The van der Waals surface area contributed by atoms with Gasteiger partial charge in [0.2, 0.25) is 0 Å². The first-order chi connectivity index (χ1) is 23.2. The van der Waals surface area contributed by atoms with Crippen LogP contribution in [0.3, 0.4) is 0 Å². The van der Waals surface area contributed by atoms with Crippen LogP contribution < -0.4 is 22.1 Å². The molecule has 4 aromatic heterocycles. The molecule has 8 nitrogen and oxygen atoms in total. The summed E-state index contributed by atoms with van der Waals surface area (Å²) in [6, 6.07) is 44.3. The van der Waals surface area contributed by atoms with Crippen LogP contribution in [-0.2, 0) is 11.9 Å². The number of hydrogen-bond donors (Lipinski definition) is 4. The highest BCUT2D eigenvalue weighted by atomic mass is 79.9. The number of hydrogen-bond acceptors (Lipinski definition) is 8. The summed E-state index contributed by atoms with van der Waals surface area (Å²) in [7, 11) is 0. The molecule has 0 radical (unpaired) electrons. The number of fused-ring (bicyclic) bond motifs is 4. The molecule has 0 aliphatic heterocycles. The van der Waals surface area contributed by atoms with Gasteiger partial charge in [0, 0.05) is 45.8 Å². The van der Waals surface area contributed by atoms with Gasteiger partial charge in [-0.05, 0) is 59.7 Å². The van der Waals surface area contributed by atoms with Crippen molar-refractivity contribution >= 4 is 71.2 Å². The van der Waals surface area contributed by atoms with Crippen molar-refractivity contribution in [2.45, 2.75) is 11.9 Å². The van der Waals surface area contributed by atoms with E-state index in [2.05, 4.69) is 120 Å². The molecule has 4 heterocycles. The Morgan fingerprint density at radius 2 is 0.894 bits per heavy atom. The van der Waals surface area contributed by atoms with Crippen molar-refractivity contribution in [1.29, 1.82) is 0 Å². The number of anilines is 2. The zero-order valence-electron chi connectivity index (χ0n) is 25.5. The zero-order valence-corrected chi connectivity index (χ0v) is 27.1. The monoisotopic (exact) mass is 680 g/mol. The molecule has 5 N–H and O–H groups in total. The fraction of sp³-hybridized carbons (Fsp3) is 0.0526. The molecule has 0 aliphatic carbocycles. The molecule has 8 aromatic rings. The third-order valence-electron chi connectivity index (χ3n) is 7.49. The average Bonchev–Trinajstić information content (AvgIpc) is 3.15. The second-order valence-electron chi connectivity index (χ2n) is 10.4. The van der Waals surface area contributed by atoms with E-state index >= 15 is 0 Å². The van der Waals surface area contributed by atoms with Crippen molar-refractivity contribution < 1.29 is 0 Å². The maximum atomic E-state index is 5.04. The van der Waals surface area contributed by atoms with Gasteiger partial charge in [0.15, 0.2) is 0 Å². The number of nitrogen functional groups attached to an aromatic ring is 1. The van der Waals surface area contributed by atoms with Crippen LogP contribution >= 0.6 is 15.9 Å². The van der Waals surface area contributed by atoms with E-state index in [1.54, 1.807) is 18.5 Å². The summed E-state index contributed by atoms with van der Waals surface area (Å²) in [6.45, 7) is 0.681. The van der Waals surface area contributed by atoms with Gasteiger partial charge in [-0.3, -0.25) is 0 Å². The topological polar surface area (TPSA) is 114 Å². The van der Waals surface area contributed by atoms with E-state index in [9.17, 15) is 0 Å². The number of nitrogens with zero attached hydrogens (tertiary/aromatic N) is 4. The van der Waals surface area contributed by atoms with Crippen molar-refractivity contribution in [3.8, 4) is 0 Å². The number of para-hydroxylation sites is 4.